The van der Waals surface area contributed by atoms with Crippen LogP contribution in [0.15, 0.2) is 30.3 Å². The summed E-state index contributed by atoms with van der Waals surface area (Å²) in [5, 5.41) is 15.0. The average Bonchev–Trinajstić information content (AvgIpc) is 3.25. The lowest BCUT2D eigenvalue weighted by Crippen LogP contribution is -2.41. The quantitative estimate of drug-likeness (QED) is 0.703. The lowest BCUT2D eigenvalue weighted by molar-refractivity contribution is 0.0618. The van der Waals surface area contributed by atoms with Crippen LogP contribution >= 0.6 is 0 Å². The monoisotopic (exact) mass is 393 g/mol. The Morgan fingerprint density at radius 3 is 2.83 bits per heavy atom. The van der Waals surface area contributed by atoms with Gasteiger partial charge in [0.25, 0.3) is 5.91 Å². The molecular weight excluding hydrogens is 366 g/mol. The summed E-state index contributed by atoms with van der Waals surface area (Å²) in [6, 6.07) is 9.52. The van der Waals surface area contributed by atoms with Gasteiger partial charge in [-0.15, -0.1) is 0 Å². The van der Waals surface area contributed by atoms with Gasteiger partial charge in [-0.25, -0.2) is 0 Å². The van der Waals surface area contributed by atoms with Crippen LogP contribution < -0.4 is 10.1 Å². The first kappa shape index (κ1) is 19.2. The Bertz CT molecular complexity index is 1060. The molecule has 29 heavy (non-hydrogen) atoms. The molecule has 7 nitrogen and oxygen atoms in total. The van der Waals surface area contributed by atoms with Gasteiger partial charge >= 0.3 is 0 Å². The van der Waals surface area contributed by atoms with Gasteiger partial charge in [0, 0.05) is 29.8 Å². The Balaban J connectivity index is 1.59. The van der Waals surface area contributed by atoms with E-state index in [2.05, 4.69) is 27.5 Å². The minimum absolute atomic E-state index is 0.125. The molecule has 0 fully saturated rings. The molecule has 1 aliphatic heterocycles. The number of nitrogens with one attached hydrogen (secondary N) is 2. The molecule has 0 bridgehead atoms. The van der Waals surface area contributed by atoms with E-state index in [-0.39, 0.29) is 17.6 Å². The highest BCUT2D eigenvalue weighted by atomic mass is 16.5. The van der Waals surface area contributed by atoms with E-state index in [1.165, 1.54) is 0 Å². The Morgan fingerprint density at radius 2 is 2.10 bits per heavy atom. The standard InChI is InChI=1S/C22H27N5O2/c1-6-27-14(3)20(13(2)26-27)16-11-17(25-24-16)21(28)23-18-12-22(4,5)29-19-10-8-7-9-15(18)19/h7-11,18H,6,12H2,1-5H3,(H,23,28)(H,24,25)/t18-/m0/s1. The van der Waals surface area contributed by atoms with Crippen LogP contribution in [0.4, 0.5) is 0 Å². The fraction of sp³-hybridized carbons (Fsp3) is 0.409. The number of H-pyrrole nitrogens is 1. The smallest absolute Gasteiger partial charge is 0.269 e. The van der Waals surface area contributed by atoms with Gasteiger partial charge in [0.15, 0.2) is 0 Å². The Morgan fingerprint density at radius 1 is 1.34 bits per heavy atom. The molecule has 1 atom stereocenters. The predicted molar refractivity (Wildman–Crippen MR) is 111 cm³/mol. The number of amides is 1. The lowest BCUT2D eigenvalue weighted by atomic mass is 9.89. The van der Waals surface area contributed by atoms with Crippen molar-refractivity contribution in [1.82, 2.24) is 25.3 Å². The zero-order valence-electron chi connectivity index (χ0n) is 17.5. The summed E-state index contributed by atoms with van der Waals surface area (Å²) < 4.78 is 8.00. The third-order valence-electron chi connectivity index (χ3n) is 5.44. The Labute approximate surface area is 170 Å². The van der Waals surface area contributed by atoms with E-state index in [1.54, 1.807) is 6.07 Å². The molecule has 1 amide bonds. The van der Waals surface area contributed by atoms with E-state index in [0.29, 0.717) is 12.1 Å². The molecule has 152 valence electrons. The van der Waals surface area contributed by atoms with Crippen molar-refractivity contribution in [3.05, 3.63) is 53.0 Å². The molecule has 4 rings (SSSR count). The van der Waals surface area contributed by atoms with Crippen molar-refractivity contribution in [3.63, 3.8) is 0 Å². The summed E-state index contributed by atoms with van der Waals surface area (Å²) in [6.07, 6.45) is 0.693. The lowest BCUT2D eigenvalue weighted by Gasteiger charge is -2.37. The molecule has 1 aliphatic rings. The number of carbonyl (C=O) groups is 1. The van der Waals surface area contributed by atoms with Crippen LogP contribution in [0.5, 0.6) is 5.75 Å². The van der Waals surface area contributed by atoms with Gasteiger partial charge in [-0.2, -0.15) is 10.2 Å². The van der Waals surface area contributed by atoms with Gasteiger partial charge in [0.1, 0.15) is 17.0 Å². The van der Waals surface area contributed by atoms with Crippen molar-refractivity contribution >= 4 is 5.91 Å². The van der Waals surface area contributed by atoms with Crippen LogP contribution in [0.3, 0.4) is 0 Å². The summed E-state index contributed by atoms with van der Waals surface area (Å²) in [5.74, 6) is 0.636. The number of aromatic amines is 1. The van der Waals surface area contributed by atoms with Crippen LogP contribution in [0.25, 0.3) is 11.3 Å². The Kier molecular flexibility index (Phi) is 4.68. The van der Waals surface area contributed by atoms with Crippen molar-refractivity contribution in [2.24, 2.45) is 0 Å². The van der Waals surface area contributed by atoms with Crippen LogP contribution in [0.2, 0.25) is 0 Å². The van der Waals surface area contributed by atoms with Gasteiger partial charge in [0.2, 0.25) is 0 Å². The molecule has 1 aromatic carbocycles. The molecule has 7 heteroatoms. The molecule has 0 radical (unpaired) electrons. The fourth-order valence-corrected chi connectivity index (χ4v) is 4.11. The first-order valence-corrected chi connectivity index (χ1v) is 9.97. The minimum atomic E-state index is -0.353. The summed E-state index contributed by atoms with van der Waals surface area (Å²) in [7, 11) is 0. The maximum Gasteiger partial charge on any atom is 0.269 e. The molecule has 3 aromatic rings. The maximum absolute atomic E-state index is 13.0. The summed E-state index contributed by atoms with van der Waals surface area (Å²) >= 11 is 0. The summed E-state index contributed by atoms with van der Waals surface area (Å²) in [4.78, 5) is 13.0. The van der Waals surface area contributed by atoms with Gasteiger partial charge in [-0.3, -0.25) is 14.6 Å². The fourth-order valence-electron chi connectivity index (χ4n) is 4.11. The predicted octanol–water partition coefficient (Wildman–Crippen LogP) is 3.94. The van der Waals surface area contributed by atoms with Crippen LogP contribution in [0, 0.1) is 13.8 Å². The number of benzene rings is 1. The minimum Gasteiger partial charge on any atom is -0.487 e. The number of hydrogen-bond donors (Lipinski definition) is 2. The number of aryl methyl sites for hydroxylation is 2. The number of nitrogens with zero attached hydrogens (tertiary/aromatic N) is 3. The maximum atomic E-state index is 13.0. The van der Waals surface area contributed by atoms with Crippen molar-refractivity contribution in [3.8, 4) is 17.0 Å². The number of fused-ring (bicyclic) bond motifs is 1. The number of aromatic nitrogens is 4. The SMILES string of the molecule is CCn1nc(C)c(-c2cc(C(=O)N[C@H]3CC(C)(C)Oc4ccccc43)[nH]n2)c1C. The normalized spacial score (nSPS) is 17.5. The van der Waals surface area contributed by atoms with Gasteiger partial charge in [0.05, 0.1) is 17.4 Å². The van der Waals surface area contributed by atoms with Crippen molar-refractivity contribution < 1.29 is 9.53 Å². The molecule has 3 heterocycles. The first-order chi connectivity index (χ1) is 13.8. The highest BCUT2D eigenvalue weighted by molar-refractivity contribution is 5.93. The topological polar surface area (TPSA) is 84.8 Å². The van der Waals surface area contributed by atoms with Gasteiger partial charge in [-0.1, -0.05) is 18.2 Å². The van der Waals surface area contributed by atoms with Gasteiger partial charge < -0.3 is 10.1 Å². The molecule has 0 saturated heterocycles. The second kappa shape index (κ2) is 7.06. The van der Waals surface area contributed by atoms with Crippen molar-refractivity contribution in [1.29, 1.82) is 0 Å². The molecule has 0 spiro atoms. The number of para-hydroxylation sites is 1. The number of hydrogen-bond acceptors (Lipinski definition) is 4. The van der Waals surface area contributed by atoms with E-state index in [1.807, 2.05) is 56.6 Å². The second-order valence-electron chi connectivity index (χ2n) is 8.16. The highest BCUT2D eigenvalue weighted by Gasteiger charge is 2.34. The average molecular weight is 393 g/mol. The largest absolute Gasteiger partial charge is 0.487 e. The summed E-state index contributed by atoms with van der Waals surface area (Å²) in [6.45, 7) is 10.9. The second-order valence-corrected chi connectivity index (χ2v) is 8.16. The van der Waals surface area contributed by atoms with E-state index in [0.717, 1.165) is 40.5 Å². The van der Waals surface area contributed by atoms with E-state index < -0.39 is 0 Å². The molecule has 0 saturated carbocycles. The molecular formula is C22H27N5O2. The van der Waals surface area contributed by atoms with Crippen LogP contribution in [-0.2, 0) is 6.54 Å². The number of ether oxygens (including phenoxy) is 1. The van der Waals surface area contributed by atoms with Crippen LogP contribution in [0.1, 0.15) is 60.7 Å². The zero-order chi connectivity index (χ0) is 20.8. The molecule has 2 N–H and O–H groups in total. The molecule has 0 unspecified atom stereocenters. The number of rotatable bonds is 4. The van der Waals surface area contributed by atoms with Crippen molar-refractivity contribution in [2.45, 2.75) is 59.2 Å². The number of carbonyl (C=O) groups excluding carboxylic acids is 1. The third-order valence-corrected chi connectivity index (χ3v) is 5.44. The highest BCUT2D eigenvalue weighted by Crippen LogP contribution is 2.39. The zero-order valence-corrected chi connectivity index (χ0v) is 17.5. The third kappa shape index (κ3) is 3.52. The van der Waals surface area contributed by atoms with E-state index in [9.17, 15) is 4.79 Å². The summed E-state index contributed by atoms with van der Waals surface area (Å²) in [5.41, 5.74) is 4.73. The molecule has 0 aliphatic carbocycles. The van der Waals surface area contributed by atoms with E-state index in [4.69, 9.17) is 4.74 Å². The van der Waals surface area contributed by atoms with Gasteiger partial charge in [-0.05, 0) is 46.8 Å². The van der Waals surface area contributed by atoms with Crippen molar-refractivity contribution in [2.75, 3.05) is 0 Å². The molecule has 2 aromatic heterocycles. The van der Waals surface area contributed by atoms with E-state index >= 15 is 0 Å². The first-order valence-electron chi connectivity index (χ1n) is 9.97. The van der Waals surface area contributed by atoms with Crippen LogP contribution in [-0.4, -0.2) is 31.5 Å². The Hall–Kier alpha value is -3.09.